The molecule has 0 radical (unpaired) electrons. The lowest BCUT2D eigenvalue weighted by Crippen LogP contribution is -2.45. The topological polar surface area (TPSA) is 50.8 Å². The van der Waals surface area contributed by atoms with E-state index in [4.69, 9.17) is 9.47 Å². The largest absolute Gasteiger partial charge is 0.491 e. The Kier molecular flexibility index (Phi) is 14.1. The first-order chi connectivity index (χ1) is 16.1. The zero-order chi connectivity index (χ0) is 25.7. The quantitative estimate of drug-likeness (QED) is 0.231. The molecule has 194 valence electrons. The lowest BCUT2D eigenvalue weighted by Gasteiger charge is -2.37. The Bertz CT molecular complexity index is 757. The van der Waals surface area contributed by atoms with Crippen LogP contribution in [0.2, 0.25) is 0 Å². The van der Waals surface area contributed by atoms with Crippen LogP contribution in [0.4, 0.5) is 0 Å². The standard InChI is InChI=1S/C29H50N2O3/c1-21(2)13-10-14-22(3)15-11-16-23(4)17-18-25-24(5)27(32)29(34-9)26(28(25)33-8)30-19-12-20-31(6)7/h13,15,17,24-25,28,30H,10-12,14,16,18-20H2,1-9H3/b22-15+,23-17+/t24-,25-,28-/m0/s1. The average Bonchev–Trinajstić information content (AvgIpc) is 2.77. The highest BCUT2D eigenvalue weighted by Gasteiger charge is 2.42. The number of carbonyl (C=O) groups is 1. The number of allylic oxidation sites excluding steroid dienone is 7. The number of rotatable bonds is 15. The second kappa shape index (κ2) is 15.9. The van der Waals surface area contributed by atoms with E-state index in [1.807, 2.05) is 6.92 Å². The molecule has 0 aliphatic heterocycles. The third-order valence-corrected chi connectivity index (χ3v) is 6.61. The molecule has 0 spiro atoms. The number of carbonyl (C=O) groups excluding carboxylic acids is 1. The average molecular weight is 475 g/mol. The van der Waals surface area contributed by atoms with Crippen molar-refractivity contribution >= 4 is 5.78 Å². The summed E-state index contributed by atoms with van der Waals surface area (Å²) in [6, 6.07) is 0. The number of nitrogens with one attached hydrogen (secondary N) is 1. The molecule has 0 heterocycles. The van der Waals surface area contributed by atoms with E-state index in [0.717, 1.165) is 57.3 Å². The molecule has 0 aromatic carbocycles. The van der Waals surface area contributed by atoms with Gasteiger partial charge in [0.15, 0.2) is 5.76 Å². The van der Waals surface area contributed by atoms with Crippen molar-refractivity contribution in [3.63, 3.8) is 0 Å². The van der Waals surface area contributed by atoms with E-state index < -0.39 is 0 Å². The molecule has 5 nitrogen and oxygen atoms in total. The summed E-state index contributed by atoms with van der Waals surface area (Å²) in [5, 5.41) is 3.47. The van der Waals surface area contributed by atoms with Crippen molar-refractivity contribution in [2.75, 3.05) is 41.4 Å². The van der Waals surface area contributed by atoms with Crippen LogP contribution in [0.1, 0.15) is 73.1 Å². The Morgan fingerprint density at radius 1 is 1.00 bits per heavy atom. The number of hydrogen-bond acceptors (Lipinski definition) is 5. The molecule has 1 aliphatic carbocycles. The van der Waals surface area contributed by atoms with Crippen molar-refractivity contribution in [3.8, 4) is 0 Å². The molecule has 0 saturated carbocycles. The Hall–Kier alpha value is -1.85. The number of hydrogen-bond donors (Lipinski definition) is 1. The van der Waals surface area contributed by atoms with Crippen LogP contribution in [0.5, 0.6) is 0 Å². The maximum Gasteiger partial charge on any atom is 0.202 e. The van der Waals surface area contributed by atoms with Gasteiger partial charge in [0, 0.05) is 25.5 Å². The predicted molar refractivity (Wildman–Crippen MR) is 144 cm³/mol. The van der Waals surface area contributed by atoms with E-state index in [0.29, 0.717) is 5.76 Å². The maximum absolute atomic E-state index is 13.1. The van der Waals surface area contributed by atoms with Gasteiger partial charge in [-0.05, 0) is 86.9 Å². The third-order valence-electron chi connectivity index (χ3n) is 6.61. The smallest absolute Gasteiger partial charge is 0.202 e. The second-order valence-electron chi connectivity index (χ2n) is 10.2. The fraction of sp³-hybridized carbons (Fsp3) is 0.690. The van der Waals surface area contributed by atoms with Crippen molar-refractivity contribution in [3.05, 3.63) is 46.4 Å². The SMILES string of the molecule is COC1=C(NCCCN(C)C)[C@@H](OC)[C@@H](C/C=C(\C)CC/C=C(\C)CCC=C(C)C)[C@H](C)C1=O. The van der Waals surface area contributed by atoms with Crippen LogP contribution in [0.25, 0.3) is 0 Å². The summed E-state index contributed by atoms with van der Waals surface area (Å²) in [5.74, 6) is 0.435. The van der Waals surface area contributed by atoms with Gasteiger partial charge >= 0.3 is 0 Å². The Morgan fingerprint density at radius 2 is 1.62 bits per heavy atom. The maximum atomic E-state index is 13.1. The number of methoxy groups -OCH3 is 2. The molecule has 5 heteroatoms. The van der Waals surface area contributed by atoms with E-state index in [1.54, 1.807) is 14.2 Å². The van der Waals surface area contributed by atoms with Crippen LogP contribution in [0.3, 0.4) is 0 Å². The molecule has 0 bridgehead atoms. The lowest BCUT2D eigenvalue weighted by molar-refractivity contribution is -0.127. The van der Waals surface area contributed by atoms with E-state index >= 15 is 0 Å². The van der Waals surface area contributed by atoms with Crippen LogP contribution in [0.15, 0.2) is 46.4 Å². The Morgan fingerprint density at radius 3 is 2.18 bits per heavy atom. The molecule has 0 aromatic heterocycles. The van der Waals surface area contributed by atoms with Gasteiger partial charge < -0.3 is 19.7 Å². The van der Waals surface area contributed by atoms with Gasteiger partial charge in [0.1, 0.15) is 6.10 Å². The number of ether oxygens (including phenoxy) is 2. The zero-order valence-electron chi connectivity index (χ0n) is 23.3. The van der Waals surface area contributed by atoms with Crippen molar-refractivity contribution in [1.29, 1.82) is 0 Å². The van der Waals surface area contributed by atoms with Gasteiger partial charge in [0.2, 0.25) is 5.78 Å². The van der Waals surface area contributed by atoms with E-state index in [9.17, 15) is 4.79 Å². The number of nitrogens with zero attached hydrogens (tertiary/aromatic N) is 1. The van der Waals surface area contributed by atoms with Gasteiger partial charge in [-0.2, -0.15) is 0 Å². The van der Waals surface area contributed by atoms with Crippen LogP contribution in [-0.2, 0) is 14.3 Å². The number of ketones is 1. The van der Waals surface area contributed by atoms with Crippen LogP contribution >= 0.6 is 0 Å². The van der Waals surface area contributed by atoms with Gasteiger partial charge in [-0.1, -0.05) is 41.9 Å². The molecule has 1 rings (SSSR count). The first-order valence-electron chi connectivity index (χ1n) is 12.8. The molecule has 1 N–H and O–H groups in total. The Labute approximate surface area is 209 Å². The molecule has 1 aliphatic rings. The summed E-state index contributed by atoms with van der Waals surface area (Å²) in [5.41, 5.74) is 5.01. The fourth-order valence-corrected chi connectivity index (χ4v) is 4.45. The highest BCUT2D eigenvalue weighted by Crippen LogP contribution is 2.35. The summed E-state index contributed by atoms with van der Waals surface area (Å²) in [6.45, 7) is 12.5. The van der Waals surface area contributed by atoms with E-state index in [-0.39, 0.29) is 23.7 Å². The summed E-state index contributed by atoms with van der Waals surface area (Å²) in [6.07, 6.45) is 12.9. The monoisotopic (exact) mass is 474 g/mol. The van der Waals surface area contributed by atoms with Gasteiger partial charge in [-0.3, -0.25) is 4.79 Å². The van der Waals surface area contributed by atoms with Crippen LogP contribution < -0.4 is 5.32 Å². The highest BCUT2D eigenvalue weighted by atomic mass is 16.5. The molecule has 0 saturated heterocycles. The minimum Gasteiger partial charge on any atom is -0.491 e. The molecule has 0 amide bonds. The highest BCUT2D eigenvalue weighted by molar-refractivity contribution is 5.97. The minimum absolute atomic E-state index is 0.0666. The van der Waals surface area contributed by atoms with Crippen molar-refractivity contribution in [2.24, 2.45) is 11.8 Å². The third kappa shape index (κ3) is 10.2. The molecule has 0 unspecified atom stereocenters. The van der Waals surface area contributed by atoms with Crippen molar-refractivity contribution in [2.45, 2.75) is 79.2 Å². The van der Waals surface area contributed by atoms with Gasteiger partial charge in [-0.25, -0.2) is 0 Å². The Balaban J connectivity index is 2.80. The summed E-state index contributed by atoms with van der Waals surface area (Å²) in [7, 11) is 7.44. The normalized spacial score (nSPS) is 21.8. The first kappa shape index (κ1) is 30.2. The second-order valence-corrected chi connectivity index (χ2v) is 10.2. The van der Waals surface area contributed by atoms with Gasteiger partial charge in [0.25, 0.3) is 0 Å². The molecular formula is C29H50N2O3. The van der Waals surface area contributed by atoms with Crippen LogP contribution in [-0.4, -0.2) is 58.2 Å². The number of Topliss-reactive ketones (excluding diaryl/α,β-unsaturated/α-hetero) is 1. The molecular weight excluding hydrogens is 424 g/mol. The molecule has 0 fully saturated rings. The van der Waals surface area contributed by atoms with Gasteiger partial charge in [0.05, 0.1) is 12.8 Å². The van der Waals surface area contributed by atoms with Gasteiger partial charge in [-0.15, -0.1) is 0 Å². The summed E-state index contributed by atoms with van der Waals surface area (Å²) < 4.78 is 11.5. The summed E-state index contributed by atoms with van der Waals surface area (Å²) >= 11 is 0. The molecule has 34 heavy (non-hydrogen) atoms. The molecule has 0 aromatic rings. The van der Waals surface area contributed by atoms with E-state index in [1.165, 1.54) is 16.7 Å². The van der Waals surface area contributed by atoms with Crippen molar-refractivity contribution < 1.29 is 14.3 Å². The molecule has 3 atom stereocenters. The minimum atomic E-state index is -0.178. The van der Waals surface area contributed by atoms with E-state index in [2.05, 4.69) is 70.2 Å². The summed E-state index contributed by atoms with van der Waals surface area (Å²) in [4.78, 5) is 15.2. The predicted octanol–water partition coefficient (Wildman–Crippen LogP) is 6.05. The van der Waals surface area contributed by atoms with Crippen LogP contribution in [0, 0.1) is 11.8 Å². The first-order valence-corrected chi connectivity index (χ1v) is 12.8. The fourth-order valence-electron chi connectivity index (χ4n) is 4.45. The lowest BCUT2D eigenvalue weighted by atomic mass is 9.76. The van der Waals surface area contributed by atoms with Crippen molar-refractivity contribution in [1.82, 2.24) is 10.2 Å². The zero-order valence-corrected chi connectivity index (χ0v) is 23.3.